The number of imidazole rings is 4. The Morgan fingerprint density at radius 1 is 0.628 bits per heavy atom. The van der Waals surface area contributed by atoms with E-state index in [2.05, 4.69) is 40.1 Å². The predicted octanol–water partition coefficient (Wildman–Crippen LogP) is 9.44. The van der Waals surface area contributed by atoms with Gasteiger partial charge in [0.1, 0.15) is 29.0 Å². The molecule has 0 saturated carbocycles. The first-order valence-corrected chi connectivity index (χ1v) is 25.0. The van der Waals surface area contributed by atoms with E-state index in [-0.39, 0.29) is 53.1 Å². The molecule has 5 N–H and O–H groups in total. The summed E-state index contributed by atoms with van der Waals surface area (Å²) < 4.78 is 67.2. The van der Waals surface area contributed by atoms with Gasteiger partial charge >= 0.3 is 5.97 Å². The van der Waals surface area contributed by atoms with Crippen LogP contribution in [-0.4, -0.2) is 90.9 Å². The minimum atomic E-state index is -0.587. The second kappa shape index (κ2) is 20.9. The zero-order valence-corrected chi connectivity index (χ0v) is 42.5. The Kier molecular flexibility index (Phi) is 13.6. The molecule has 21 heteroatoms. The maximum absolute atomic E-state index is 14.1. The van der Waals surface area contributed by atoms with E-state index in [9.17, 15) is 27.2 Å². The number of hydrogen-bond acceptors (Lipinski definition) is 12. The van der Waals surface area contributed by atoms with E-state index in [1.165, 1.54) is 36.4 Å². The number of likely N-dealkylation sites (tertiary alicyclic amines) is 1. The fourth-order valence-corrected chi connectivity index (χ4v) is 9.83. The number of carbonyl (C=O) groups excluding carboxylic acids is 2. The first-order chi connectivity index (χ1) is 37.7. The minimum absolute atomic E-state index is 0.125. The highest BCUT2D eigenvalue weighted by atomic mass is 19.1. The highest BCUT2D eigenvalue weighted by Crippen LogP contribution is 2.37. The number of piperidine rings is 1. The number of halogens is 4. The maximum Gasteiger partial charge on any atom is 0.358 e. The van der Waals surface area contributed by atoms with E-state index in [0.29, 0.717) is 63.8 Å². The molecule has 7 heterocycles. The van der Waals surface area contributed by atoms with Crippen LogP contribution in [0.4, 0.5) is 29.2 Å². The SMILES string of the molecule is CCOC(=O)c1cn2c(-c3ccc4ncn(C)c4c3)c(-c3ccc(F)cc3)nc(N)c2n1.Cn1cnc2ccc(-c3c(-c4ccc(F)cc4)nc(N)c4nc(C(=O)NCC5CCN(Cc6ccc(F)cc6F)CC5)cn34)cc21. The van der Waals surface area contributed by atoms with Crippen LogP contribution in [0.2, 0.25) is 0 Å². The van der Waals surface area contributed by atoms with Gasteiger partial charge in [0.2, 0.25) is 0 Å². The van der Waals surface area contributed by atoms with Gasteiger partial charge in [-0.05, 0) is 118 Å². The van der Waals surface area contributed by atoms with Gasteiger partial charge in [0.25, 0.3) is 5.91 Å². The van der Waals surface area contributed by atoms with Crippen LogP contribution in [0.25, 0.3) is 78.4 Å². The summed E-state index contributed by atoms with van der Waals surface area (Å²) in [4.78, 5) is 54.8. The number of anilines is 2. The first kappa shape index (κ1) is 50.6. The van der Waals surface area contributed by atoms with Crippen LogP contribution in [0, 0.1) is 29.2 Å². The number of esters is 1. The molecule has 11 aromatic rings. The van der Waals surface area contributed by atoms with Crippen molar-refractivity contribution in [2.24, 2.45) is 20.0 Å². The monoisotopic (exact) mass is 1050 g/mol. The molecule has 17 nitrogen and oxygen atoms in total. The van der Waals surface area contributed by atoms with E-state index < -0.39 is 17.6 Å². The number of fused-ring (bicyclic) bond motifs is 4. The Balaban J connectivity index is 0.000000177. The summed E-state index contributed by atoms with van der Waals surface area (Å²) in [6, 6.07) is 27.3. The second-order valence-corrected chi connectivity index (χ2v) is 19.0. The van der Waals surface area contributed by atoms with E-state index in [1.54, 1.807) is 65.0 Å². The summed E-state index contributed by atoms with van der Waals surface area (Å²) in [5.41, 5.74) is 22.9. The number of nitrogens with two attached hydrogens (primary N) is 2. The van der Waals surface area contributed by atoms with E-state index in [0.717, 1.165) is 65.2 Å². The van der Waals surface area contributed by atoms with Crippen LogP contribution in [0.1, 0.15) is 46.3 Å². The van der Waals surface area contributed by atoms with Gasteiger partial charge in [-0.15, -0.1) is 0 Å². The number of amides is 1. The summed E-state index contributed by atoms with van der Waals surface area (Å²) in [6.45, 7) is 4.31. The lowest BCUT2D eigenvalue weighted by atomic mass is 9.96. The number of hydrogen-bond donors (Lipinski definition) is 3. The molecule has 1 aliphatic heterocycles. The molecule has 1 amide bonds. The standard InChI is InChI=1S/C34H31F3N8O.C23H19FN6O2/c1-43-19-40-27-9-5-22(14-29(27)43)31-30(21-2-6-24(35)7-3-21)42-32(38)33-41-28(18-45(31)33)34(46)39-16-20-10-12-44(13-11-20)17-23-4-8-25(36)15-26(23)37;1-3-32-23(31)17-11-30-20(14-6-9-16-18(10-14)29(2)12-26-16)19(28-21(25)22(30)27-17)13-4-7-15(24)8-5-13/h2-9,14-15,18-20H,10-13,16-17H2,1H3,(H2,38,42)(H,39,46);4-12H,3H2,1-2H3,(H2,25,28). The largest absolute Gasteiger partial charge is 0.461 e. The van der Waals surface area contributed by atoms with Crippen molar-refractivity contribution in [2.75, 3.05) is 37.7 Å². The van der Waals surface area contributed by atoms with Crippen molar-refractivity contribution in [3.05, 3.63) is 168 Å². The quantitative estimate of drug-likeness (QED) is 0.0818. The molecular weight excluding hydrogens is 1000 g/mol. The van der Waals surface area contributed by atoms with E-state index >= 15 is 0 Å². The van der Waals surface area contributed by atoms with Gasteiger partial charge in [0.05, 0.1) is 64.1 Å². The maximum atomic E-state index is 14.1. The van der Waals surface area contributed by atoms with Gasteiger partial charge in [-0.3, -0.25) is 18.5 Å². The Hall–Kier alpha value is -9.50. The molecule has 6 aromatic heterocycles. The van der Waals surface area contributed by atoms with Crippen LogP contribution < -0.4 is 16.8 Å². The third-order valence-corrected chi connectivity index (χ3v) is 13.9. The summed E-state index contributed by atoms with van der Waals surface area (Å²) >= 11 is 0. The summed E-state index contributed by atoms with van der Waals surface area (Å²) in [7, 11) is 3.82. The van der Waals surface area contributed by atoms with Gasteiger partial charge in [-0.2, -0.15) is 0 Å². The topological polar surface area (TPSA) is 207 Å². The molecule has 5 aromatic carbocycles. The molecule has 394 valence electrons. The highest BCUT2D eigenvalue weighted by molar-refractivity contribution is 5.95. The van der Waals surface area contributed by atoms with Crippen LogP contribution in [0.5, 0.6) is 0 Å². The number of ether oxygens (including phenoxy) is 1. The average molecular weight is 1060 g/mol. The van der Waals surface area contributed by atoms with Crippen molar-refractivity contribution in [2.45, 2.75) is 26.3 Å². The molecule has 1 saturated heterocycles. The van der Waals surface area contributed by atoms with Crippen molar-refractivity contribution in [1.82, 2.24) is 58.1 Å². The molecule has 12 rings (SSSR count). The number of rotatable bonds is 11. The Morgan fingerprint density at radius 3 is 1.63 bits per heavy atom. The van der Waals surface area contributed by atoms with E-state index in [4.69, 9.17) is 16.2 Å². The molecule has 0 unspecified atom stereocenters. The normalized spacial score (nSPS) is 13.1. The van der Waals surface area contributed by atoms with Crippen LogP contribution in [0.3, 0.4) is 0 Å². The Morgan fingerprint density at radius 2 is 1.12 bits per heavy atom. The Labute approximate surface area is 442 Å². The lowest BCUT2D eigenvalue weighted by molar-refractivity contribution is 0.0520. The molecule has 78 heavy (non-hydrogen) atoms. The van der Waals surface area contributed by atoms with Gasteiger partial charge < -0.3 is 30.7 Å². The van der Waals surface area contributed by atoms with Crippen molar-refractivity contribution < 1.29 is 31.9 Å². The summed E-state index contributed by atoms with van der Waals surface area (Å²) in [6.07, 6.45) is 8.36. The number of nitrogen functional groups attached to an aromatic ring is 2. The lowest BCUT2D eigenvalue weighted by Crippen LogP contribution is -2.38. The number of nitrogens with one attached hydrogen (secondary N) is 1. The van der Waals surface area contributed by atoms with Crippen LogP contribution in [0.15, 0.2) is 128 Å². The molecule has 1 aliphatic rings. The second-order valence-electron chi connectivity index (χ2n) is 19.0. The van der Waals surface area contributed by atoms with Crippen molar-refractivity contribution in [3.8, 4) is 45.0 Å². The third-order valence-electron chi connectivity index (χ3n) is 13.9. The minimum Gasteiger partial charge on any atom is -0.461 e. The molecule has 0 bridgehead atoms. The van der Waals surface area contributed by atoms with Gasteiger partial charge in [-0.25, -0.2) is 52.3 Å². The number of benzene rings is 5. The number of aryl methyl sites for hydroxylation is 2. The molecule has 1 fully saturated rings. The Bertz CT molecular complexity index is 4090. The number of aromatic nitrogens is 10. The highest BCUT2D eigenvalue weighted by Gasteiger charge is 2.26. The lowest BCUT2D eigenvalue weighted by Gasteiger charge is -2.32. The average Bonchev–Trinajstić information content (AvgIpc) is 4.45. The van der Waals surface area contributed by atoms with Gasteiger partial charge in [-0.1, -0.05) is 18.2 Å². The first-order valence-electron chi connectivity index (χ1n) is 25.0. The summed E-state index contributed by atoms with van der Waals surface area (Å²) in [5.74, 6) is -2.22. The van der Waals surface area contributed by atoms with Crippen molar-refractivity contribution >= 4 is 56.9 Å². The number of carbonyl (C=O) groups is 2. The van der Waals surface area contributed by atoms with Gasteiger partial charge in [0, 0.05) is 73.5 Å². The van der Waals surface area contributed by atoms with E-state index in [1.807, 2.05) is 59.6 Å². The zero-order chi connectivity index (χ0) is 54.4. The van der Waals surface area contributed by atoms with Crippen LogP contribution >= 0.6 is 0 Å². The summed E-state index contributed by atoms with van der Waals surface area (Å²) in [5, 5.41) is 3.02. The zero-order valence-electron chi connectivity index (χ0n) is 42.5. The van der Waals surface area contributed by atoms with Crippen molar-refractivity contribution in [1.29, 1.82) is 0 Å². The predicted molar refractivity (Wildman–Crippen MR) is 288 cm³/mol. The number of nitrogens with zero attached hydrogens (tertiary/aromatic N) is 11. The molecule has 0 radical (unpaired) electrons. The fourth-order valence-electron chi connectivity index (χ4n) is 9.83. The fraction of sp³-hybridized carbons (Fsp3) is 0.193. The van der Waals surface area contributed by atoms with Crippen molar-refractivity contribution in [3.63, 3.8) is 0 Å². The van der Waals surface area contributed by atoms with Crippen LogP contribution in [-0.2, 0) is 25.4 Å². The van der Waals surface area contributed by atoms with Gasteiger partial charge in [0.15, 0.2) is 28.6 Å². The molecule has 0 spiro atoms. The molecule has 0 atom stereocenters. The third kappa shape index (κ3) is 9.93. The molecule has 0 aliphatic carbocycles. The molecular formula is C57H50F4N14O3. The smallest absolute Gasteiger partial charge is 0.358 e.